The number of nitrogens with one attached hydrogen (secondary N) is 2. The molecule has 4 N–H and O–H groups in total. The van der Waals surface area contributed by atoms with Crippen molar-refractivity contribution in [2.75, 3.05) is 6.54 Å². The summed E-state index contributed by atoms with van der Waals surface area (Å²) in [5, 5.41) is 3.41. The van der Waals surface area contributed by atoms with Gasteiger partial charge in [-0.25, -0.2) is 5.84 Å². The minimum Gasteiger partial charge on any atom is -0.361 e. The molecule has 0 aliphatic rings. The lowest BCUT2D eigenvalue weighted by Gasteiger charge is -2.04. The largest absolute Gasteiger partial charge is 0.361 e. The van der Waals surface area contributed by atoms with Gasteiger partial charge in [-0.05, 0) is 30.8 Å². The Morgan fingerprint density at radius 3 is 2.92 bits per heavy atom. The first-order valence-electron chi connectivity index (χ1n) is 3.71. The van der Waals surface area contributed by atoms with Crippen molar-refractivity contribution in [3.8, 4) is 0 Å². The molecule has 0 atom stereocenters. The molecule has 1 rings (SSSR count). The normalized spacial score (nSPS) is 9.69. The Kier molecular flexibility index (Phi) is 4.44. The molecule has 0 saturated carbocycles. The first kappa shape index (κ1) is 10.7. The van der Waals surface area contributed by atoms with Gasteiger partial charge in [0.2, 0.25) is 0 Å². The number of thiophene rings is 1. The van der Waals surface area contributed by atoms with Gasteiger partial charge in [0.15, 0.2) is 5.11 Å². The van der Waals surface area contributed by atoms with E-state index >= 15 is 0 Å². The van der Waals surface area contributed by atoms with E-state index in [0.717, 1.165) is 17.3 Å². The summed E-state index contributed by atoms with van der Waals surface area (Å²) >= 11 is 12.2. The van der Waals surface area contributed by atoms with Gasteiger partial charge in [-0.15, -0.1) is 11.3 Å². The Labute approximate surface area is 91.2 Å². The smallest absolute Gasteiger partial charge is 0.180 e. The number of hydrogen-bond donors (Lipinski definition) is 3. The van der Waals surface area contributed by atoms with Crippen molar-refractivity contribution in [3.63, 3.8) is 0 Å². The SMILES string of the molecule is NNC(=S)NCCc1ccc(Cl)s1. The number of hydrazine groups is 1. The van der Waals surface area contributed by atoms with Gasteiger partial charge in [0.1, 0.15) is 0 Å². The zero-order valence-electron chi connectivity index (χ0n) is 6.84. The van der Waals surface area contributed by atoms with E-state index in [4.69, 9.17) is 29.7 Å². The zero-order chi connectivity index (χ0) is 9.68. The number of nitrogens with two attached hydrogens (primary N) is 1. The fourth-order valence-electron chi connectivity index (χ4n) is 0.836. The van der Waals surface area contributed by atoms with Crippen LogP contribution in [0.1, 0.15) is 4.88 Å². The summed E-state index contributed by atoms with van der Waals surface area (Å²) in [6.07, 6.45) is 0.902. The molecular weight excluding hydrogens is 226 g/mol. The van der Waals surface area contributed by atoms with E-state index in [1.807, 2.05) is 12.1 Å². The van der Waals surface area contributed by atoms with Gasteiger partial charge in [-0.3, -0.25) is 0 Å². The van der Waals surface area contributed by atoms with Gasteiger partial charge in [0, 0.05) is 11.4 Å². The maximum atomic E-state index is 5.77. The second-order valence-electron chi connectivity index (χ2n) is 2.36. The summed E-state index contributed by atoms with van der Waals surface area (Å²) in [5.74, 6) is 5.08. The molecule has 0 radical (unpaired) electrons. The van der Waals surface area contributed by atoms with Crippen molar-refractivity contribution in [1.82, 2.24) is 10.7 Å². The first-order chi connectivity index (χ1) is 6.22. The molecule has 72 valence electrons. The third-order valence-electron chi connectivity index (χ3n) is 1.42. The highest BCUT2D eigenvalue weighted by atomic mass is 35.5. The fourth-order valence-corrected chi connectivity index (χ4v) is 2.03. The predicted molar refractivity (Wildman–Crippen MR) is 61.0 cm³/mol. The average molecular weight is 236 g/mol. The van der Waals surface area contributed by atoms with Gasteiger partial charge >= 0.3 is 0 Å². The summed E-state index contributed by atoms with van der Waals surface area (Å²) in [6.45, 7) is 0.764. The highest BCUT2D eigenvalue weighted by Gasteiger charge is 1.97. The topological polar surface area (TPSA) is 50.1 Å². The second-order valence-corrected chi connectivity index (χ2v) is 4.56. The van der Waals surface area contributed by atoms with E-state index in [9.17, 15) is 0 Å². The molecule has 0 amide bonds. The molecule has 1 aromatic heterocycles. The molecule has 0 aliphatic carbocycles. The van der Waals surface area contributed by atoms with Crippen LogP contribution < -0.4 is 16.6 Å². The first-order valence-corrected chi connectivity index (χ1v) is 5.31. The summed E-state index contributed by atoms with van der Waals surface area (Å²) < 4.78 is 0.814. The molecule has 13 heavy (non-hydrogen) atoms. The van der Waals surface area contributed by atoms with Crippen LogP contribution in [0.4, 0.5) is 0 Å². The van der Waals surface area contributed by atoms with Crippen molar-refractivity contribution < 1.29 is 0 Å². The number of thiocarbonyl (C=S) groups is 1. The highest BCUT2D eigenvalue weighted by Crippen LogP contribution is 2.21. The van der Waals surface area contributed by atoms with Crippen LogP contribution in [0.25, 0.3) is 0 Å². The molecule has 1 aromatic rings. The van der Waals surface area contributed by atoms with Crippen LogP contribution >= 0.6 is 35.2 Å². The summed E-state index contributed by atoms with van der Waals surface area (Å²) in [4.78, 5) is 1.23. The van der Waals surface area contributed by atoms with Crippen LogP contribution in [-0.2, 0) is 6.42 Å². The predicted octanol–water partition coefficient (Wildman–Crippen LogP) is 1.28. The Bertz CT molecular complexity index is 287. The molecule has 0 saturated heterocycles. The fraction of sp³-hybridized carbons (Fsp3) is 0.286. The third-order valence-corrected chi connectivity index (χ3v) is 2.97. The number of hydrogen-bond acceptors (Lipinski definition) is 3. The summed E-state index contributed by atoms with van der Waals surface area (Å²) in [7, 11) is 0. The minimum absolute atomic E-state index is 0.461. The van der Waals surface area contributed by atoms with E-state index in [1.54, 1.807) is 11.3 Å². The lowest BCUT2D eigenvalue weighted by Crippen LogP contribution is -2.40. The Morgan fingerprint density at radius 2 is 2.38 bits per heavy atom. The monoisotopic (exact) mass is 235 g/mol. The molecular formula is C7H10ClN3S2. The maximum absolute atomic E-state index is 5.77. The lowest BCUT2D eigenvalue weighted by molar-refractivity contribution is 0.844. The molecule has 0 fully saturated rings. The molecule has 1 heterocycles. The van der Waals surface area contributed by atoms with Crippen molar-refractivity contribution in [2.45, 2.75) is 6.42 Å². The van der Waals surface area contributed by atoms with Gasteiger partial charge in [0.25, 0.3) is 0 Å². The van der Waals surface area contributed by atoms with Crippen LogP contribution in [0.2, 0.25) is 4.34 Å². The average Bonchev–Trinajstić information content (AvgIpc) is 2.51. The van der Waals surface area contributed by atoms with E-state index in [0.29, 0.717) is 5.11 Å². The molecule has 0 aromatic carbocycles. The van der Waals surface area contributed by atoms with Crippen LogP contribution in [0.3, 0.4) is 0 Å². The van der Waals surface area contributed by atoms with Crippen LogP contribution in [0.5, 0.6) is 0 Å². The van der Waals surface area contributed by atoms with Crippen LogP contribution in [-0.4, -0.2) is 11.7 Å². The van der Waals surface area contributed by atoms with Crippen LogP contribution in [0.15, 0.2) is 12.1 Å². The van der Waals surface area contributed by atoms with Crippen molar-refractivity contribution in [1.29, 1.82) is 0 Å². The zero-order valence-corrected chi connectivity index (χ0v) is 9.23. The molecule has 0 bridgehead atoms. The van der Waals surface area contributed by atoms with Crippen LogP contribution in [0, 0.1) is 0 Å². The van der Waals surface area contributed by atoms with Gasteiger partial charge in [0.05, 0.1) is 4.34 Å². The van der Waals surface area contributed by atoms with Crippen molar-refractivity contribution in [2.24, 2.45) is 5.84 Å². The maximum Gasteiger partial charge on any atom is 0.180 e. The van der Waals surface area contributed by atoms with Gasteiger partial charge in [-0.1, -0.05) is 11.6 Å². The highest BCUT2D eigenvalue weighted by molar-refractivity contribution is 7.80. The Hall–Kier alpha value is -0.360. The molecule has 0 unspecified atom stereocenters. The second kappa shape index (κ2) is 5.39. The Morgan fingerprint density at radius 1 is 1.62 bits per heavy atom. The van der Waals surface area contributed by atoms with Crippen molar-refractivity contribution in [3.05, 3.63) is 21.3 Å². The summed E-state index contributed by atoms with van der Waals surface area (Å²) in [5.41, 5.74) is 2.35. The molecule has 0 aliphatic heterocycles. The standard InChI is InChI=1S/C7H10ClN3S2/c8-6-2-1-5(13-6)3-4-10-7(12)11-9/h1-2H,3-4,9H2,(H2,10,11,12). The van der Waals surface area contributed by atoms with E-state index < -0.39 is 0 Å². The number of rotatable bonds is 3. The summed E-state index contributed by atoms with van der Waals surface area (Å²) in [6, 6.07) is 3.90. The molecule has 6 heteroatoms. The van der Waals surface area contributed by atoms with E-state index in [-0.39, 0.29) is 0 Å². The number of halogens is 1. The van der Waals surface area contributed by atoms with E-state index in [1.165, 1.54) is 4.88 Å². The lowest BCUT2D eigenvalue weighted by atomic mass is 10.3. The third kappa shape index (κ3) is 3.91. The molecule has 0 spiro atoms. The van der Waals surface area contributed by atoms with E-state index in [2.05, 4.69) is 10.7 Å². The van der Waals surface area contributed by atoms with Gasteiger partial charge in [-0.2, -0.15) is 0 Å². The Balaban J connectivity index is 2.24. The minimum atomic E-state index is 0.461. The quantitative estimate of drug-likeness (QED) is 0.420. The molecule has 3 nitrogen and oxygen atoms in total. The van der Waals surface area contributed by atoms with Crippen molar-refractivity contribution >= 4 is 40.3 Å². The van der Waals surface area contributed by atoms with Gasteiger partial charge < -0.3 is 10.7 Å².